The van der Waals surface area contributed by atoms with E-state index in [9.17, 15) is 4.79 Å². The first-order chi connectivity index (χ1) is 9.83. The number of alkyl carbamates (subject to hydrolysis) is 1. The van der Waals surface area contributed by atoms with Crippen molar-refractivity contribution in [3.8, 4) is 0 Å². The summed E-state index contributed by atoms with van der Waals surface area (Å²) in [6.45, 7) is 9.62. The molecule has 1 aliphatic heterocycles. The van der Waals surface area contributed by atoms with Gasteiger partial charge in [0.2, 0.25) is 0 Å². The Morgan fingerprint density at radius 1 is 1.33 bits per heavy atom. The highest BCUT2D eigenvalue weighted by atomic mass is 16.6. The molecule has 1 aromatic heterocycles. The SMILES string of the molecule is C[C@@H]1C[C@H](NC(=O)OC(C)(C)C)CN(c2ccncc2)C1. The van der Waals surface area contributed by atoms with Gasteiger partial charge in [-0.2, -0.15) is 0 Å². The fourth-order valence-electron chi connectivity index (χ4n) is 2.70. The van der Waals surface area contributed by atoms with Crippen LogP contribution in [-0.4, -0.2) is 35.8 Å². The minimum Gasteiger partial charge on any atom is -0.444 e. The molecule has 1 aromatic rings. The van der Waals surface area contributed by atoms with Gasteiger partial charge in [0.15, 0.2) is 0 Å². The van der Waals surface area contributed by atoms with E-state index in [2.05, 4.69) is 22.1 Å². The molecule has 1 fully saturated rings. The summed E-state index contributed by atoms with van der Waals surface area (Å²) in [5, 5.41) is 2.99. The lowest BCUT2D eigenvalue weighted by Crippen LogP contribution is -2.51. The van der Waals surface area contributed by atoms with Crippen molar-refractivity contribution in [1.29, 1.82) is 0 Å². The number of nitrogens with zero attached hydrogens (tertiary/aromatic N) is 2. The third kappa shape index (κ3) is 4.92. The number of piperidine rings is 1. The van der Waals surface area contributed by atoms with E-state index in [1.807, 2.05) is 32.9 Å². The minimum absolute atomic E-state index is 0.108. The van der Waals surface area contributed by atoms with Crippen molar-refractivity contribution in [2.24, 2.45) is 5.92 Å². The first kappa shape index (κ1) is 15.6. The quantitative estimate of drug-likeness (QED) is 0.910. The fourth-order valence-corrected chi connectivity index (χ4v) is 2.70. The first-order valence-electron chi connectivity index (χ1n) is 7.48. The van der Waals surface area contributed by atoms with E-state index < -0.39 is 5.60 Å². The van der Waals surface area contributed by atoms with Gasteiger partial charge in [-0.25, -0.2) is 4.79 Å². The molecule has 0 bridgehead atoms. The van der Waals surface area contributed by atoms with Crippen molar-refractivity contribution < 1.29 is 9.53 Å². The van der Waals surface area contributed by atoms with E-state index >= 15 is 0 Å². The van der Waals surface area contributed by atoms with Crippen LogP contribution in [0.2, 0.25) is 0 Å². The third-order valence-electron chi connectivity index (χ3n) is 3.41. The molecule has 0 aliphatic carbocycles. The third-order valence-corrected chi connectivity index (χ3v) is 3.41. The highest BCUT2D eigenvalue weighted by Crippen LogP contribution is 2.22. The second-order valence-corrected chi connectivity index (χ2v) is 6.79. The van der Waals surface area contributed by atoms with E-state index in [0.29, 0.717) is 5.92 Å². The lowest BCUT2D eigenvalue weighted by Gasteiger charge is -2.38. The van der Waals surface area contributed by atoms with Gasteiger partial charge in [0.25, 0.3) is 0 Å². The number of anilines is 1. The van der Waals surface area contributed by atoms with Gasteiger partial charge in [0.05, 0.1) is 0 Å². The van der Waals surface area contributed by atoms with Crippen LogP contribution in [0.5, 0.6) is 0 Å². The summed E-state index contributed by atoms with van der Waals surface area (Å²) in [5.74, 6) is 0.520. The largest absolute Gasteiger partial charge is 0.444 e. The van der Waals surface area contributed by atoms with Gasteiger partial charge in [-0.05, 0) is 45.2 Å². The number of amides is 1. The molecule has 5 heteroatoms. The molecule has 5 nitrogen and oxygen atoms in total. The summed E-state index contributed by atoms with van der Waals surface area (Å²) >= 11 is 0. The van der Waals surface area contributed by atoms with Crippen LogP contribution in [0.4, 0.5) is 10.5 Å². The Balaban J connectivity index is 1.96. The summed E-state index contributed by atoms with van der Waals surface area (Å²) < 4.78 is 5.34. The molecule has 0 aromatic carbocycles. The lowest BCUT2D eigenvalue weighted by atomic mass is 9.95. The van der Waals surface area contributed by atoms with Crippen LogP contribution in [0.15, 0.2) is 24.5 Å². The second kappa shape index (κ2) is 6.33. The number of rotatable bonds is 2. The number of carbonyl (C=O) groups is 1. The second-order valence-electron chi connectivity index (χ2n) is 6.79. The maximum Gasteiger partial charge on any atom is 0.407 e. The van der Waals surface area contributed by atoms with Crippen molar-refractivity contribution in [2.45, 2.75) is 45.8 Å². The van der Waals surface area contributed by atoms with Gasteiger partial charge in [0, 0.05) is 37.2 Å². The molecule has 21 heavy (non-hydrogen) atoms. The van der Waals surface area contributed by atoms with Crippen LogP contribution in [0.25, 0.3) is 0 Å². The highest BCUT2D eigenvalue weighted by molar-refractivity contribution is 5.68. The van der Waals surface area contributed by atoms with Crippen LogP contribution >= 0.6 is 0 Å². The topological polar surface area (TPSA) is 54.5 Å². The molecule has 2 rings (SSSR count). The summed E-state index contributed by atoms with van der Waals surface area (Å²) in [6.07, 6.45) is 4.23. The van der Waals surface area contributed by atoms with Crippen molar-refractivity contribution >= 4 is 11.8 Å². The van der Waals surface area contributed by atoms with E-state index in [1.165, 1.54) is 0 Å². The van der Waals surface area contributed by atoms with Crippen LogP contribution in [-0.2, 0) is 4.74 Å². The molecule has 1 amide bonds. The van der Waals surface area contributed by atoms with Crippen molar-refractivity contribution in [3.63, 3.8) is 0 Å². The molecule has 0 saturated carbocycles. The van der Waals surface area contributed by atoms with E-state index in [-0.39, 0.29) is 12.1 Å². The number of aromatic nitrogens is 1. The maximum atomic E-state index is 11.9. The van der Waals surface area contributed by atoms with E-state index in [4.69, 9.17) is 4.74 Å². The number of hydrogen-bond acceptors (Lipinski definition) is 4. The Hall–Kier alpha value is -1.78. The van der Waals surface area contributed by atoms with Crippen LogP contribution < -0.4 is 10.2 Å². The molecule has 0 unspecified atom stereocenters. The van der Waals surface area contributed by atoms with Gasteiger partial charge in [-0.1, -0.05) is 6.92 Å². The predicted octanol–water partition coefficient (Wildman–Crippen LogP) is 2.82. The molecule has 1 aliphatic rings. The van der Waals surface area contributed by atoms with Crippen LogP contribution in [0.3, 0.4) is 0 Å². The average Bonchev–Trinajstić information content (AvgIpc) is 2.36. The van der Waals surface area contributed by atoms with E-state index in [1.54, 1.807) is 12.4 Å². The van der Waals surface area contributed by atoms with Crippen molar-refractivity contribution in [2.75, 3.05) is 18.0 Å². The zero-order valence-electron chi connectivity index (χ0n) is 13.3. The first-order valence-corrected chi connectivity index (χ1v) is 7.48. The molecular weight excluding hydrogens is 266 g/mol. The monoisotopic (exact) mass is 291 g/mol. The molecule has 0 radical (unpaired) electrons. The number of hydrogen-bond donors (Lipinski definition) is 1. The van der Waals surface area contributed by atoms with Gasteiger partial charge in [-0.15, -0.1) is 0 Å². The minimum atomic E-state index is -0.463. The van der Waals surface area contributed by atoms with Gasteiger partial charge >= 0.3 is 6.09 Å². The lowest BCUT2D eigenvalue weighted by molar-refractivity contribution is 0.0495. The van der Waals surface area contributed by atoms with Crippen molar-refractivity contribution in [3.05, 3.63) is 24.5 Å². The summed E-state index contributed by atoms with van der Waals surface area (Å²) in [6, 6.07) is 4.11. The molecule has 116 valence electrons. The summed E-state index contributed by atoms with van der Waals surface area (Å²) in [4.78, 5) is 18.3. The summed E-state index contributed by atoms with van der Waals surface area (Å²) in [5.41, 5.74) is 0.683. The summed E-state index contributed by atoms with van der Waals surface area (Å²) in [7, 11) is 0. The average molecular weight is 291 g/mol. The zero-order chi connectivity index (χ0) is 15.5. The molecular formula is C16H25N3O2. The number of carbonyl (C=O) groups excluding carboxylic acids is 1. The molecule has 0 spiro atoms. The fraction of sp³-hybridized carbons (Fsp3) is 0.625. The normalized spacial score (nSPS) is 22.8. The number of nitrogens with one attached hydrogen (secondary N) is 1. The Bertz CT molecular complexity index is 470. The zero-order valence-corrected chi connectivity index (χ0v) is 13.3. The Morgan fingerprint density at radius 3 is 2.62 bits per heavy atom. The van der Waals surface area contributed by atoms with E-state index in [0.717, 1.165) is 25.2 Å². The highest BCUT2D eigenvalue weighted by Gasteiger charge is 2.27. The van der Waals surface area contributed by atoms with Crippen LogP contribution in [0.1, 0.15) is 34.1 Å². The van der Waals surface area contributed by atoms with Crippen molar-refractivity contribution in [1.82, 2.24) is 10.3 Å². The molecule has 2 heterocycles. The van der Waals surface area contributed by atoms with Crippen LogP contribution in [0, 0.1) is 5.92 Å². The maximum absolute atomic E-state index is 11.9. The Morgan fingerprint density at radius 2 is 2.00 bits per heavy atom. The standard InChI is InChI=1S/C16H25N3O2/c1-12-9-13(18-15(20)21-16(2,3)4)11-19(10-12)14-5-7-17-8-6-14/h5-8,12-13H,9-11H2,1-4H3,(H,18,20)/t12-,13+/m1/s1. The van der Waals surface area contributed by atoms with Gasteiger partial charge in [-0.3, -0.25) is 4.98 Å². The van der Waals surface area contributed by atoms with Gasteiger partial charge < -0.3 is 15.0 Å². The Kier molecular flexibility index (Phi) is 4.70. The molecule has 1 saturated heterocycles. The molecule has 2 atom stereocenters. The predicted molar refractivity (Wildman–Crippen MR) is 83.4 cm³/mol. The molecule has 1 N–H and O–H groups in total. The van der Waals surface area contributed by atoms with Gasteiger partial charge in [0.1, 0.15) is 5.60 Å². The number of pyridine rings is 1. The number of ether oxygens (including phenoxy) is 1. The Labute approximate surface area is 126 Å². The smallest absolute Gasteiger partial charge is 0.407 e.